The van der Waals surface area contributed by atoms with Crippen LogP contribution in [0.3, 0.4) is 0 Å². The molecule has 0 heterocycles. The maximum atomic E-state index is 13.4. The highest BCUT2D eigenvalue weighted by atomic mass is 127. The number of halogens is 24. The number of alkyl halides is 3. The molecule has 0 saturated carbocycles. The first-order valence-electron chi connectivity index (χ1n) is 16.9. The summed E-state index contributed by atoms with van der Waals surface area (Å²) in [6, 6.07) is 24.7. The maximum absolute atomic E-state index is 13.4. The molecular weight excluding hydrogens is 1730 g/mol. The van der Waals surface area contributed by atoms with Gasteiger partial charge in [-0.15, -0.1) is 0 Å². The molecule has 0 spiro atoms. The van der Waals surface area contributed by atoms with E-state index in [-0.39, 0.29) is 17.5 Å². The minimum absolute atomic E-state index is 0.0922. The van der Waals surface area contributed by atoms with E-state index < -0.39 is 75.7 Å². The summed E-state index contributed by atoms with van der Waals surface area (Å²) in [6.07, 6.45) is -4.38. The molecule has 0 N–H and O–H groups in total. The number of benzene rings is 7. The van der Waals surface area contributed by atoms with Gasteiger partial charge in [0, 0.05) is 23.9 Å². The molecule has 0 saturated heterocycles. The lowest BCUT2D eigenvalue weighted by molar-refractivity contribution is -0.137. The quantitative estimate of drug-likeness (QED) is 0.0614. The molecule has 360 valence electrons. The van der Waals surface area contributed by atoms with Gasteiger partial charge in [0.2, 0.25) is 34.9 Å². The van der Waals surface area contributed by atoms with Gasteiger partial charge in [0.05, 0.1) is 12.7 Å². The summed E-state index contributed by atoms with van der Waals surface area (Å²) in [4.78, 5) is 0. The van der Waals surface area contributed by atoms with Crippen LogP contribution in [-0.4, -0.2) is 0 Å². The lowest BCUT2D eigenvalue weighted by atomic mass is 10.2. The van der Waals surface area contributed by atoms with E-state index in [0.717, 1.165) is 67.5 Å². The van der Waals surface area contributed by atoms with E-state index in [1.54, 1.807) is 18.2 Å². The minimum atomic E-state index is -4.38. The molecule has 7 aromatic carbocycles. The topological polar surface area (TPSA) is 0 Å². The Kier molecular flexibility index (Phi) is 30.1. The average molecular weight is 1750 g/mol. The second-order valence-electron chi connectivity index (χ2n) is 11.5. The van der Waals surface area contributed by atoms with Crippen LogP contribution in [0.2, 0.25) is 0 Å². The fourth-order valence-electron chi connectivity index (χ4n) is 3.57. The molecule has 67 heavy (non-hydrogen) atoms. The predicted octanol–water partition coefficient (Wildman–Crippen LogP) is 19.0. The van der Waals surface area contributed by atoms with Gasteiger partial charge in [-0.25, -0.2) is 61.5 Å². The van der Waals surface area contributed by atoms with Crippen molar-refractivity contribution in [2.75, 3.05) is 0 Å². The molecule has 0 aliphatic carbocycles. The molecule has 0 radical (unpaired) electrons. The highest BCUT2D eigenvalue weighted by Gasteiger charge is 2.30. The van der Waals surface area contributed by atoms with E-state index in [1.807, 2.05) is 51.2 Å². The van der Waals surface area contributed by atoms with Crippen molar-refractivity contribution in [3.63, 3.8) is 0 Å². The Morgan fingerprint density at radius 1 is 0.254 bits per heavy atom. The number of rotatable bonds is 0. The van der Waals surface area contributed by atoms with Gasteiger partial charge in [-0.05, 0) is 261 Å². The molecule has 0 aliphatic rings. The summed E-state index contributed by atoms with van der Waals surface area (Å²) in [7, 11) is 0. The zero-order valence-corrected chi connectivity index (χ0v) is 47.2. The fourth-order valence-corrected chi connectivity index (χ4v) is 9.13. The Hall–Kier alpha value is -1.54. The van der Waals surface area contributed by atoms with Gasteiger partial charge in [-0.3, -0.25) is 0 Å². The average Bonchev–Trinajstić information content (AvgIpc) is 3.28. The summed E-state index contributed by atoms with van der Waals surface area (Å²) in [6.45, 7) is 0. The SMILES string of the molecule is Fc1c(F)c(F)c(F)c(F)c1F.Fc1c(I)c(I)c(I)c(I)c1I.Fc1ccc(C(F)(F)F)cc1.Fc1ccc(F)cc1.Fc1ccc(I)cc1.Fc1cccc(F)c1.Fc1cccc(I)c1. The van der Waals surface area contributed by atoms with E-state index in [4.69, 9.17) is 0 Å². The van der Waals surface area contributed by atoms with Crippen LogP contribution in [0.25, 0.3) is 0 Å². The van der Waals surface area contributed by atoms with Crippen molar-refractivity contribution in [1.82, 2.24) is 0 Å². The third kappa shape index (κ3) is 24.0. The van der Waals surface area contributed by atoms with Gasteiger partial charge >= 0.3 is 6.18 Å². The Morgan fingerprint density at radius 3 is 0.761 bits per heavy atom. The molecule has 0 unspecified atom stereocenters. The molecule has 0 aliphatic heterocycles. The predicted molar refractivity (Wildman–Crippen MR) is 279 cm³/mol. The van der Waals surface area contributed by atoms with Gasteiger partial charge in [-0.2, -0.15) is 13.2 Å². The lowest BCUT2D eigenvalue weighted by Crippen LogP contribution is -2.04. The maximum Gasteiger partial charge on any atom is 0.416 e. The smallest absolute Gasteiger partial charge is 0.207 e. The van der Waals surface area contributed by atoms with Gasteiger partial charge in [-0.1, -0.05) is 12.1 Å². The molecule has 0 nitrogen and oxygen atoms in total. The Bertz CT molecular complexity index is 2190. The molecule has 0 atom stereocenters. The van der Waals surface area contributed by atoms with E-state index in [0.29, 0.717) is 12.1 Å². The summed E-state index contributed by atoms with van der Waals surface area (Å²) in [5.74, 6) is -17.2. The van der Waals surface area contributed by atoms with Gasteiger partial charge < -0.3 is 0 Å². The van der Waals surface area contributed by atoms with E-state index in [1.165, 1.54) is 42.5 Å². The van der Waals surface area contributed by atoms with Crippen LogP contribution in [-0.2, 0) is 6.18 Å². The monoisotopic (exact) mass is 1750 g/mol. The van der Waals surface area contributed by atoms with Gasteiger partial charge in [0.15, 0.2) is 5.82 Å². The standard InChI is InChI=1S/C7H4F4.C6F6.2C6H4F2.C6FI5.2C6H4FI/c8-6-3-1-5(2-4-6)7(9,10)11;7-1-2(8)4(10)6(12)5(11)3(1)9;7-5-1-2-6(8)4-3-5;7-5-2-1-3-6(8)4-5;7-1-2(8)4(10)6(12)5(11)3(1)9;7-5-1-3-6(8)4-2-5;7-5-2-1-3-6(8)4-5/h1-4H;;2*1-4H;;2*1-4H. The third-order valence-electron chi connectivity index (χ3n) is 6.66. The van der Waals surface area contributed by atoms with Crippen molar-refractivity contribution in [3.05, 3.63) is 233 Å². The van der Waals surface area contributed by atoms with Gasteiger partial charge in [0.1, 0.15) is 40.7 Å². The van der Waals surface area contributed by atoms with E-state index in [2.05, 4.69) is 113 Å². The van der Waals surface area contributed by atoms with E-state index in [9.17, 15) is 74.6 Å². The molecule has 7 rings (SSSR count). The van der Waals surface area contributed by atoms with Crippen molar-refractivity contribution < 1.29 is 74.6 Å². The molecule has 0 fully saturated rings. The van der Waals surface area contributed by atoms with Crippen molar-refractivity contribution in [2.24, 2.45) is 0 Å². The molecule has 0 bridgehead atoms. The molecule has 24 heteroatoms. The first-order valence-corrected chi connectivity index (χ1v) is 24.4. The first-order chi connectivity index (χ1) is 31.1. The molecule has 0 amide bonds. The normalized spacial score (nSPS) is 10.1. The van der Waals surface area contributed by atoms with Crippen LogP contribution < -0.4 is 0 Å². The van der Waals surface area contributed by atoms with Crippen LogP contribution in [0.15, 0.2) is 121 Å². The summed E-state index contributed by atoms with van der Waals surface area (Å²) in [5, 5.41) is 0. The second-order valence-corrected chi connectivity index (χ2v) is 19.4. The summed E-state index contributed by atoms with van der Waals surface area (Å²) < 4.78 is 212. The number of hydrogen-bond acceptors (Lipinski definition) is 0. The largest absolute Gasteiger partial charge is 0.416 e. The van der Waals surface area contributed by atoms with Crippen LogP contribution in [0.5, 0.6) is 0 Å². The summed E-state index contributed by atoms with van der Waals surface area (Å²) >= 11 is 14.9. The van der Waals surface area contributed by atoms with Crippen LogP contribution in [0.4, 0.5) is 74.6 Å². The van der Waals surface area contributed by atoms with E-state index >= 15 is 0 Å². The van der Waals surface area contributed by atoms with Crippen LogP contribution in [0, 0.1) is 106 Å². The third-order valence-corrected chi connectivity index (χ3v) is 17.4. The Morgan fingerprint density at radius 2 is 0.522 bits per heavy atom. The van der Waals surface area contributed by atoms with Crippen molar-refractivity contribution in [2.45, 2.75) is 6.18 Å². The highest BCUT2D eigenvalue weighted by molar-refractivity contribution is 14.1. The fraction of sp³-hybridized carbons (Fsp3) is 0.0233. The molecular formula is C43H20F17I7. The molecule has 0 aromatic heterocycles. The zero-order valence-electron chi connectivity index (χ0n) is 32.1. The highest BCUT2D eigenvalue weighted by Crippen LogP contribution is 2.32. The minimum Gasteiger partial charge on any atom is -0.207 e. The van der Waals surface area contributed by atoms with Crippen molar-refractivity contribution in [1.29, 1.82) is 0 Å². The lowest BCUT2D eigenvalue weighted by Gasteiger charge is -2.06. The van der Waals surface area contributed by atoms with Crippen molar-refractivity contribution in [3.8, 4) is 0 Å². The summed E-state index contributed by atoms with van der Waals surface area (Å²) in [5.41, 5.74) is -0.834. The van der Waals surface area contributed by atoms with Crippen LogP contribution >= 0.6 is 158 Å². The zero-order chi connectivity index (χ0) is 51.3. The molecule has 7 aromatic rings. The number of hydrogen-bond donors (Lipinski definition) is 0. The Balaban J connectivity index is 0.000000394. The Labute approximate surface area is 466 Å². The van der Waals surface area contributed by atoms with Gasteiger partial charge in [0.25, 0.3) is 0 Å². The van der Waals surface area contributed by atoms with Crippen LogP contribution in [0.1, 0.15) is 5.56 Å². The second kappa shape index (κ2) is 31.7. The van der Waals surface area contributed by atoms with Crippen molar-refractivity contribution >= 4 is 158 Å². The first kappa shape index (κ1) is 63.5.